The van der Waals surface area contributed by atoms with E-state index in [1.54, 1.807) is 0 Å². The Bertz CT molecular complexity index is 539. The minimum absolute atomic E-state index is 0.0698. The highest BCUT2D eigenvalue weighted by Gasteiger charge is 2.20. The summed E-state index contributed by atoms with van der Waals surface area (Å²) in [5, 5.41) is 7.78. The summed E-state index contributed by atoms with van der Waals surface area (Å²) in [4.78, 5) is 0. The van der Waals surface area contributed by atoms with Gasteiger partial charge >= 0.3 is 0 Å². The zero-order valence-corrected chi connectivity index (χ0v) is 16.6. The van der Waals surface area contributed by atoms with Crippen molar-refractivity contribution in [3.05, 3.63) is 35.4 Å². The molecule has 0 atom stereocenters. The van der Waals surface area contributed by atoms with Gasteiger partial charge < -0.3 is 5.73 Å². The Labute approximate surface area is 153 Å². The lowest BCUT2D eigenvalue weighted by molar-refractivity contribution is 0.302. The lowest BCUT2D eigenvalue weighted by Crippen LogP contribution is -2.32. The number of nitrogens with two attached hydrogens (primary N) is 1. The summed E-state index contributed by atoms with van der Waals surface area (Å²) < 4.78 is 0. The number of nitrogens with zero attached hydrogens (tertiary/aromatic N) is 2. The van der Waals surface area contributed by atoms with E-state index in [1.807, 2.05) is 0 Å². The maximum absolute atomic E-state index is 6.08. The Hall–Kier alpha value is -1.13. The van der Waals surface area contributed by atoms with Gasteiger partial charge in [-0.2, -0.15) is 22.8 Å². The third-order valence-corrected chi connectivity index (χ3v) is 4.41. The summed E-state index contributed by atoms with van der Waals surface area (Å²) >= 11 is 4.28. The molecule has 1 aromatic carbocycles. The molecule has 2 N–H and O–H groups in total. The Morgan fingerprint density at radius 3 is 2.25 bits per heavy atom. The molecule has 0 spiro atoms. The molecule has 0 aliphatic rings. The van der Waals surface area contributed by atoms with Crippen LogP contribution in [0.5, 0.6) is 0 Å². The van der Waals surface area contributed by atoms with E-state index in [1.165, 1.54) is 18.4 Å². The SMILES string of the molecule is C=N/N=C(\CCS)c1ccc(CC(C)(C)CCCC(C)(C)N)cc1. The highest BCUT2D eigenvalue weighted by Crippen LogP contribution is 2.29. The fourth-order valence-corrected chi connectivity index (χ4v) is 3.13. The Balaban J connectivity index is 2.68. The molecule has 134 valence electrons. The van der Waals surface area contributed by atoms with Gasteiger partial charge in [0.15, 0.2) is 0 Å². The monoisotopic (exact) mass is 347 g/mol. The second kappa shape index (κ2) is 9.38. The highest BCUT2D eigenvalue weighted by atomic mass is 32.1. The van der Waals surface area contributed by atoms with Crippen molar-refractivity contribution in [3.63, 3.8) is 0 Å². The van der Waals surface area contributed by atoms with Gasteiger partial charge in [-0.25, -0.2) is 0 Å². The fourth-order valence-electron chi connectivity index (χ4n) is 2.92. The van der Waals surface area contributed by atoms with Crippen LogP contribution in [0.2, 0.25) is 0 Å². The topological polar surface area (TPSA) is 50.7 Å². The molecule has 0 aliphatic carbocycles. The molecule has 0 fully saturated rings. The lowest BCUT2D eigenvalue weighted by Gasteiger charge is -2.27. The van der Waals surface area contributed by atoms with Crippen LogP contribution in [0.1, 0.15) is 64.5 Å². The largest absolute Gasteiger partial charge is 0.326 e. The van der Waals surface area contributed by atoms with Gasteiger partial charge in [-0.05, 0) is 55.4 Å². The molecule has 1 rings (SSSR count). The molecule has 0 bridgehead atoms. The smallest absolute Gasteiger partial charge is 0.0710 e. The molecular formula is C20H33N3S. The molecule has 0 amide bonds. The second-order valence-electron chi connectivity index (χ2n) is 8.04. The van der Waals surface area contributed by atoms with Crippen molar-refractivity contribution < 1.29 is 0 Å². The first-order valence-corrected chi connectivity index (χ1v) is 9.32. The van der Waals surface area contributed by atoms with Crippen molar-refractivity contribution >= 4 is 25.1 Å². The van der Waals surface area contributed by atoms with Crippen LogP contribution in [0.4, 0.5) is 0 Å². The Morgan fingerprint density at radius 2 is 1.75 bits per heavy atom. The van der Waals surface area contributed by atoms with Crippen LogP contribution in [0.3, 0.4) is 0 Å². The van der Waals surface area contributed by atoms with E-state index in [-0.39, 0.29) is 11.0 Å². The van der Waals surface area contributed by atoms with Crippen LogP contribution in [-0.4, -0.2) is 23.7 Å². The van der Waals surface area contributed by atoms with Gasteiger partial charge in [0, 0.05) is 18.7 Å². The van der Waals surface area contributed by atoms with Gasteiger partial charge in [0.25, 0.3) is 0 Å². The molecule has 0 saturated carbocycles. The maximum atomic E-state index is 6.08. The van der Waals surface area contributed by atoms with Crippen molar-refractivity contribution in [2.75, 3.05) is 5.75 Å². The number of rotatable bonds is 10. The normalized spacial score (nSPS) is 13.2. The van der Waals surface area contributed by atoms with Crippen LogP contribution >= 0.6 is 12.6 Å². The average molecular weight is 348 g/mol. The predicted molar refractivity (Wildman–Crippen MR) is 111 cm³/mol. The van der Waals surface area contributed by atoms with Crippen molar-refractivity contribution in [1.29, 1.82) is 0 Å². The van der Waals surface area contributed by atoms with E-state index < -0.39 is 0 Å². The molecule has 0 radical (unpaired) electrons. The van der Waals surface area contributed by atoms with Gasteiger partial charge in [0.2, 0.25) is 0 Å². The standard InChI is InChI=1S/C20H33N3S/c1-19(2,12-6-13-20(3,4)21)15-16-7-9-17(10-8-16)18(11-14-24)23-22-5/h7-10,24H,5-6,11-15,21H2,1-4H3/b23-18+. The molecule has 0 unspecified atom stereocenters. The second-order valence-corrected chi connectivity index (χ2v) is 8.49. The Kier molecular flexibility index (Phi) is 8.17. The third-order valence-electron chi connectivity index (χ3n) is 4.18. The first-order valence-electron chi connectivity index (χ1n) is 8.68. The minimum atomic E-state index is -0.0698. The van der Waals surface area contributed by atoms with Crippen LogP contribution in [0.25, 0.3) is 0 Å². The van der Waals surface area contributed by atoms with E-state index in [9.17, 15) is 0 Å². The number of benzene rings is 1. The van der Waals surface area contributed by atoms with Gasteiger partial charge in [-0.3, -0.25) is 0 Å². The molecule has 0 saturated heterocycles. The summed E-state index contributed by atoms with van der Waals surface area (Å²) in [6.45, 7) is 12.3. The zero-order chi connectivity index (χ0) is 18.2. The number of hydrogen-bond donors (Lipinski definition) is 2. The molecule has 4 heteroatoms. The maximum Gasteiger partial charge on any atom is 0.0710 e. The summed E-state index contributed by atoms with van der Waals surface area (Å²) in [5.41, 5.74) is 9.68. The lowest BCUT2D eigenvalue weighted by atomic mass is 9.80. The Morgan fingerprint density at radius 1 is 1.12 bits per heavy atom. The summed E-state index contributed by atoms with van der Waals surface area (Å²) in [7, 11) is 0. The minimum Gasteiger partial charge on any atom is -0.326 e. The van der Waals surface area contributed by atoms with Crippen LogP contribution in [-0.2, 0) is 6.42 Å². The number of hydrogen-bond acceptors (Lipinski definition) is 4. The molecular weight excluding hydrogens is 314 g/mol. The molecule has 0 aliphatic heterocycles. The van der Waals surface area contributed by atoms with E-state index in [2.05, 4.69) is 81.5 Å². The first-order chi connectivity index (χ1) is 11.2. The van der Waals surface area contributed by atoms with E-state index in [4.69, 9.17) is 5.73 Å². The predicted octanol–water partition coefficient (Wildman–Crippen LogP) is 4.89. The first kappa shape index (κ1) is 20.9. The third kappa shape index (κ3) is 8.11. The van der Waals surface area contributed by atoms with Crippen molar-refractivity contribution in [3.8, 4) is 0 Å². The molecule has 3 nitrogen and oxygen atoms in total. The summed E-state index contributed by atoms with van der Waals surface area (Å²) in [5.74, 6) is 0.751. The van der Waals surface area contributed by atoms with Crippen LogP contribution in [0.15, 0.2) is 34.5 Å². The molecule has 24 heavy (non-hydrogen) atoms. The van der Waals surface area contributed by atoms with E-state index in [0.717, 1.165) is 36.3 Å². The van der Waals surface area contributed by atoms with Crippen molar-refractivity contribution in [2.24, 2.45) is 21.4 Å². The fraction of sp³-hybridized carbons (Fsp3) is 0.600. The zero-order valence-electron chi connectivity index (χ0n) is 15.7. The van der Waals surface area contributed by atoms with Gasteiger partial charge in [0.1, 0.15) is 0 Å². The number of thiol groups is 1. The molecule has 0 heterocycles. The molecule has 0 aromatic heterocycles. The van der Waals surface area contributed by atoms with E-state index in [0.29, 0.717) is 0 Å². The van der Waals surface area contributed by atoms with Gasteiger partial charge in [-0.1, -0.05) is 44.5 Å². The quantitative estimate of drug-likeness (QED) is 0.353. The van der Waals surface area contributed by atoms with Crippen LogP contribution < -0.4 is 5.73 Å². The molecule has 1 aromatic rings. The van der Waals surface area contributed by atoms with E-state index >= 15 is 0 Å². The van der Waals surface area contributed by atoms with Gasteiger partial charge in [0.05, 0.1) is 5.71 Å². The highest BCUT2D eigenvalue weighted by molar-refractivity contribution is 7.80. The average Bonchev–Trinajstić information content (AvgIpc) is 2.46. The van der Waals surface area contributed by atoms with Gasteiger partial charge in [-0.15, -0.1) is 0 Å². The van der Waals surface area contributed by atoms with Crippen molar-refractivity contribution in [1.82, 2.24) is 0 Å². The summed E-state index contributed by atoms with van der Waals surface area (Å²) in [6, 6.07) is 8.64. The van der Waals surface area contributed by atoms with Crippen LogP contribution in [0, 0.1) is 5.41 Å². The summed E-state index contributed by atoms with van der Waals surface area (Å²) in [6.07, 6.45) is 5.27. The van der Waals surface area contributed by atoms with Crippen molar-refractivity contribution in [2.45, 2.75) is 65.3 Å².